The van der Waals surface area contributed by atoms with Crippen LogP contribution in [0, 0.1) is 0 Å². The summed E-state index contributed by atoms with van der Waals surface area (Å²) < 4.78 is 3.39. The predicted octanol–water partition coefficient (Wildman–Crippen LogP) is 0.769. The van der Waals surface area contributed by atoms with E-state index in [0.29, 0.717) is 22.2 Å². The Morgan fingerprint density at radius 2 is 2.19 bits per heavy atom. The van der Waals surface area contributed by atoms with Gasteiger partial charge in [-0.3, -0.25) is 0 Å². The van der Waals surface area contributed by atoms with Crippen LogP contribution in [0.25, 0.3) is 5.95 Å². The Morgan fingerprint density at radius 3 is 2.86 bits per heavy atom. The van der Waals surface area contributed by atoms with E-state index in [4.69, 9.17) is 0 Å². The van der Waals surface area contributed by atoms with Crippen molar-refractivity contribution in [1.29, 1.82) is 0 Å². The van der Waals surface area contributed by atoms with E-state index in [1.165, 1.54) is 11.8 Å². The topological polar surface area (TPSA) is 99.2 Å². The molecule has 3 rings (SSSR count). The number of rotatable bonds is 5. The highest BCUT2D eigenvalue weighted by Gasteiger charge is 2.12. The van der Waals surface area contributed by atoms with Gasteiger partial charge in [-0.05, 0) is 24.8 Å². The van der Waals surface area contributed by atoms with Gasteiger partial charge in [0.15, 0.2) is 5.16 Å². The zero-order valence-electron chi connectivity index (χ0n) is 11.5. The molecule has 0 saturated carbocycles. The Morgan fingerprint density at radius 1 is 1.29 bits per heavy atom. The number of hydrogen-bond donors (Lipinski definition) is 1. The summed E-state index contributed by atoms with van der Waals surface area (Å²) in [6.07, 6.45) is 5.08. The van der Waals surface area contributed by atoms with Gasteiger partial charge in [-0.1, -0.05) is 0 Å². The van der Waals surface area contributed by atoms with E-state index < -0.39 is 0 Å². The van der Waals surface area contributed by atoms with Gasteiger partial charge in [-0.25, -0.2) is 4.68 Å². The first-order chi connectivity index (χ1) is 10.3. The highest BCUT2D eigenvalue weighted by Crippen LogP contribution is 2.22. The first-order valence-electron chi connectivity index (χ1n) is 6.28. The molecule has 21 heavy (non-hydrogen) atoms. The second kappa shape index (κ2) is 5.87. The van der Waals surface area contributed by atoms with Crippen molar-refractivity contribution in [1.82, 2.24) is 39.5 Å². The summed E-state index contributed by atoms with van der Waals surface area (Å²) in [6.45, 7) is 2.70. The van der Waals surface area contributed by atoms with E-state index in [9.17, 15) is 0 Å². The van der Waals surface area contributed by atoms with Gasteiger partial charge in [0.1, 0.15) is 6.33 Å². The Kier molecular flexibility index (Phi) is 3.77. The maximum absolute atomic E-state index is 4.39. The van der Waals surface area contributed by atoms with E-state index >= 15 is 0 Å². The van der Waals surface area contributed by atoms with Crippen LogP contribution in [0.2, 0.25) is 0 Å². The molecule has 0 saturated heterocycles. The third-order valence-electron chi connectivity index (χ3n) is 2.50. The maximum atomic E-state index is 4.39. The van der Waals surface area contributed by atoms with Crippen molar-refractivity contribution in [3.63, 3.8) is 0 Å². The van der Waals surface area contributed by atoms with E-state index in [0.717, 1.165) is 6.54 Å². The van der Waals surface area contributed by atoms with Gasteiger partial charge in [-0.15, -0.1) is 10.2 Å². The minimum atomic E-state index is 0.454. The molecular weight excluding hydrogens is 290 g/mol. The molecule has 0 bridgehead atoms. The van der Waals surface area contributed by atoms with Gasteiger partial charge in [0.05, 0.1) is 0 Å². The predicted molar refractivity (Wildman–Crippen MR) is 76.2 cm³/mol. The summed E-state index contributed by atoms with van der Waals surface area (Å²) in [5.41, 5.74) is 0. The second-order valence-corrected chi connectivity index (χ2v) is 4.98. The average Bonchev–Trinajstić information content (AvgIpc) is 3.12. The SMILES string of the molecule is CCNc1nc(Sc2nncn2C)nc(-n2cccn2)n1. The van der Waals surface area contributed by atoms with Crippen LogP contribution in [0.5, 0.6) is 0 Å². The van der Waals surface area contributed by atoms with Gasteiger partial charge < -0.3 is 9.88 Å². The van der Waals surface area contributed by atoms with Crippen molar-refractivity contribution in [2.45, 2.75) is 17.2 Å². The van der Waals surface area contributed by atoms with Crippen LogP contribution in [0.4, 0.5) is 5.95 Å². The summed E-state index contributed by atoms with van der Waals surface area (Å²) >= 11 is 1.32. The van der Waals surface area contributed by atoms with E-state index in [-0.39, 0.29) is 0 Å². The van der Waals surface area contributed by atoms with Crippen LogP contribution >= 0.6 is 11.8 Å². The summed E-state index contributed by atoms with van der Waals surface area (Å²) in [4.78, 5) is 13.1. The van der Waals surface area contributed by atoms with Crippen molar-refractivity contribution in [2.24, 2.45) is 7.05 Å². The molecule has 0 spiro atoms. The number of aromatic nitrogens is 8. The number of nitrogens with one attached hydrogen (secondary N) is 1. The highest BCUT2D eigenvalue weighted by molar-refractivity contribution is 7.99. The van der Waals surface area contributed by atoms with E-state index in [1.807, 2.05) is 20.0 Å². The van der Waals surface area contributed by atoms with Crippen molar-refractivity contribution in [3.8, 4) is 5.95 Å². The number of nitrogens with zero attached hydrogens (tertiary/aromatic N) is 8. The molecule has 0 fully saturated rings. The van der Waals surface area contributed by atoms with E-state index in [2.05, 4.69) is 35.6 Å². The number of aryl methyl sites for hydroxylation is 1. The molecule has 1 N–H and O–H groups in total. The lowest BCUT2D eigenvalue weighted by Crippen LogP contribution is -2.10. The zero-order valence-corrected chi connectivity index (χ0v) is 12.3. The molecule has 0 atom stereocenters. The van der Waals surface area contributed by atoms with Gasteiger partial charge in [0, 0.05) is 26.0 Å². The lowest BCUT2D eigenvalue weighted by atomic mass is 10.7. The Hall–Kier alpha value is -2.49. The highest BCUT2D eigenvalue weighted by atomic mass is 32.2. The van der Waals surface area contributed by atoms with Crippen molar-refractivity contribution >= 4 is 17.7 Å². The normalized spacial score (nSPS) is 10.8. The third kappa shape index (κ3) is 2.99. The molecule has 0 aliphatic carbocycles. The Bertz CT molecular complexity index is 721. The summed E-state index contributed by atoms with van der Waals surface area (Å²) in [5, 5.41) is 16.3. The smallest absolute Gasteiger partial charge is 0.256 e. The first kappa shape index (κ1) is 13.5. The van der Waals surface area contributed by atoms with Crippen molar-refractivity contribution in [3.05, 3.63) is 24.8 Å². The lowest BCUT2D eigenvalue weighted by Gasteiger charge is -2.06. The minimum absolute atomic E-state index is 0.454. The number of hydrogen-bond acceptors (Lipinski definition) is 8. The summed E-state index contributed by atoms with van der Waals surface area (Å²) in [6, 6.07) is 1.81. The minimum Gasteiger partial charge on any atom is -0.354 e. The summed E-state index contributed by atoms with van der Waals surface area (Å²) in [7, 11) is 1.86. The van der Waals surface area contributed by atoms with Crippen LogP contribution in [0.3, 0.4) is 0 Å². The maximum Gasteiger partial charge on any atom is 0.256 e. The standard InChI is InChI=1S/C11H13N9S/c1-3-12-8-15-9(20-6-4-5-14-20)17-10(16-8)21-11-18-13-7-19(11)2/h4-7H,3H2,1-2H3,(H,12,15,16,17). The molecule has 0 radical (unpaired) electrons. The molecule has 0 aliphatic rings. The van der Waals surface area contributed by atoms with Crippen molar-refractivity contribution < 1.29 is 0 Å². The fourth-order valence-corrected chi connectivity index (χ4v) is 2.27. The molecule has 108 valence electrons. The van der Waals surface area contributed by atoms with Gasteiger partial charge in [0.25, 0.3) is 5.95 Å². The van der Waals surface area contributed by atoms with E-state index in [1.54, 1.807) is 28.0 Å². The monoisotopic (exact) mass is 303 g/mol. The largest absolute Gasteiger partial charge is 0.354 e. The van der Waals surface area contributed by atoms with Crippen LogP contribution in [0.1, 0.15) is 6.92 Å². The van der Waals surface area contributed by atoms with Crippen LogP contribution in [-0.2, 0) is 7.05 Å². The molecule has 0 aromatic carbocycles. The lowest BCUT2D eigenvalue weighted by molar-refractivity contribution is 0.751. The summed E-state index contributed by atoms with van der Waals surface area (Å²) in [5.74, 6) is 0.957. The third-order valence-corrected chi connectivity index (χ3v) is 3.42. The molecule has 0 aliphatic heterocycles. The van der Waals surface area contributed by atoms with Crippen molar-refractivity contribution in [2.75, 3.05) is 11.9 Å². The average molecular weight is 303 g/mol. The Balaban J connectivity index is 1.97. The molecule has 3 aromatic rings. The molecule has 0 unspecified atom stereocenters. The fraction of sp³-hybridized carbons (Fsp3) is 0.273. The molecule has 3 aromatic heterocycles. The fourth-order valence-electron chi connectivity index (χ4n) is 1.56. The quantitative estimate of drug-likeness (QED) is 0.738. The molecule has 9 nitrogen and oxygen atoms in total. The number of anilines is 1. The van der Waals surface area contributed by atoms with Gasteiger partial charge >= 0.3 is 0 Å². The van der Waals surface area contributed by atoms with Crippen LogP contribution < -0.4 is 5.32 Å². The van der Waals surface area contributed by atoms with Gasteiger partial charge in [-0.2, -0.15) is 20.1 Å². The van der Waals surface area contributed by atoms with Crippen LogP contribution in [-0.4, -0.2) is 46.0 Å². The molecule has 10 heteroatoms. The molecular formula is C11H13N9S. The molecule has 3 heterocycles. The zero-order chi connectivity index (χ0) is 14.7. The second-order valence-electron chi connectivity index (χ2n) is 4.05. The van der Waals surface area contributed by atoms with Crippen LogP contribution in [0.15, 0.2) is 35.1 Å². The molecule has 0 amide bonds. The first-order valence-corrected chi connectivity index (χ1v) is 7.09. The van der Waals surface area contributed by atoms with Gasteiger partial charge in [0.2, 0.25) is 11.1 Å². The Labute approximate surface area is 124 Å².